The smallest absolute Gasteiger partial charge is 0.311 e. The van der Waals surface area contributed by atoms with Crippen molar-refractivity contribution in [2.45, 2.75) is 53.0 Å². The van der Waals surface area contributed by atoms with Gasteiger partial charge in [-0.25, -0.2) is 0 Å². The molecule has 0 radical (unpaired) electrons. The number of aryl methyl sites for hydroxylation is 1. The number of amides is 1. The minimum absolute atomic E-state index is 0.0458. The molecule has 112 valence electrons. The minimum Gasteiger partial charge on any atom is -0.481 e. The van der Waals surface area contributed by atoms with E-state index < -0.39 is 5.97 Å². The van der Waals surface area contributed by atoms with E-state index in [0.717, 1.165) is 12.8 Å². The van der Waals surface area contributed by atoms with E-state index in [-0.39, 0.29) is 24.1 Å². The summed E-state index contributed by atoms with van der Waals surface area (Å²) in [5.41, 5.74) is 1.01. The highest BCUT2D eigenvalue weighted by Crippen LogP contribution is 2.18. The second kappa shape index (κ2) is 7.12. The molecule has 5 heteroatoms. The summed E-state index contributed by atoms with van der Waals surface area (Å²) in [5.74, 6) is -0.526. The second-order valence-corrected chi connectivity index (χ2v) is 5.41. The molecule has 0 fully saturated rings. The van der Waals surface area contributed by atoms with Crippen molar-refractivity contribution in [2.24, 2.45) is 5.92 Å². The lowest BCUT2D eigenvalue weighted by atomic mass is 10.00. The topological polar surface area (TPSA) is 79.5 Å². The fourth-order valence-electron chi connectivity index (χ4n) is 2.20. The lowest BCUT2D eigenvalue weighted by Crippen LogP contribution is -2.34. The van der Waals surface area contributed by atoms with Crippen LogP contribution in [0.2, 0.25) is 0 Å². The predicted molar refractivity (Wildman–Crippen MR) is 75.8 cm³/mol. The lowest BCUT2D eigenvalue weighted by molar-refractivity contribution is -0.136. The number of carboxylic acids is 1. The molecule has 0 aliphatic rings. The molecule has 0 aromatic carbocycles. The van der Waals surface area contributed by atoms with Crippen LogP contribution in [-0.4, -0.2) is 23.0 Å². The zero-order valence-electron chi connectivity index (χ0n) is 12.5. The number of carboxylic acid groups (broad SMARTS) is 1. The van der Waals surface area contributed by atoms with Crippen molar-refractivity contribution in [3.8, 4) is 0 Å². The van der Waals surface area contributed by atoms with Crippen LogP contribution in [0.5, 0.6) is 0 Å². The maximum atomic E-state index is 12.2. The average molecular weight is 281 g/mol. The molecular formula is C15H23NO4. The molecule has 2 N–H and O–H groups in total. The molecule has 0 saturated heterocycles. The van der Waals surface area contributed by atoms with Crippen LogP contribution in [0, 0.1) is 12.8 Å². The summed E-state index contributed by atoms with van der Waals surface area (Å²) in [6.07, 6.45) is 3.10. The molecule has 0 spiro atoms. The first-order chi connectivity index (χ1) is 9.35. The van der Waals surface area contributed by atoms with E-state index in [4.69, 9.17) is 9.52 Å². The first kappa shape index (κ1) is 16.3. The zero-order valence-corrected chi connectivity index (χ0v) is 12.5. The van der Waals surface area contributed by atoms with Crippen molar-refractivity contribution in [1.29, 1.82) is 0 Å². The third kappa shape index (κ3) is 4.40. The van der Waals surface area contributed by atoms with E-state index in [2.05, 4.69) is 19.2 Å². The van der Waals surface area contributed by atoms with E-state index in [9.17, 15) is 9.59 Å². The van der Waals surface area contributed by atoms with Crippen LogP contribution in [0.3, 0.4) is 0 Å². The fourth-order valence-corrected chi connectivity index (χ4v) is 2.20. The molecule has 20 heavy (non-hydrogen) atoms. The number of aliphatic carboxylic acids is 1. The number of hydrogen-bond acceptors (Lipinski definition) is 3. The normalized spacial score (nSPS) is 13.8. The highest BCUT2D eigenvalue weighted by Gasteiger charge is 2.21. The van der Waals surface area contributed by atoms with E-state index in [1.807, 2.05) is 6.92 Å². The van der Waals surface area contributed by atoms with Crippen LogP contribution in [-0.2, 0) is 11.2 Å². The number of hydrogen-bond donors (Lipinski definition) is 2. The number of carbonyl (C=O) groups excluding carboxylic acids is 1. The van der Waals surface area contributed by atoms with Crippen molar-refractivity contribution in [1.82, 2.24) is 5.32 Å². The van der Waals surface area contributed by atoms with Gasteiger partial charge in [0.05, 0.1) is 11.8 Å². The zero-order chi connectivity index (χ0) is 15.3. The standard InChI is InChI=1S/C15H23NO4/c1-5-9(2)6-11(4)16-15(19)14-10(3)8-20-12(14)7-13(17)18/h8-9,11H,5-7H2,1-4H3,(H,16,19)(H,17,18). The Kier molecular flexibility index (Phi) is 5.80. The van der Waals surface area contributed by atoms with Gasteiger partial charge in [-0.15, -0.1) is 0 Å². The number of furan rings is 1. The molecule has 1 aromatic heterocycles. The summed E-state index contributed by atoms with van der Waals surface area (Å²) in [6, 6.07) is 0.0458. The van der Waals surface area contributed by atoms with Crippen LogP contribution in [0.15, 0.2) is 10.7 Å². The van der Waals surface area contributed by atoms with Gasteiger partial charge in [-0.3, -0.25) is 9.59 Å². The van der Waals surface area contributed by atoms with Gasteiger partial charge in [-0.2, -0.15) is 0 Å². The fraction of sp³-hybridized carbons (Fsp3) is 0.600. The van der Waals surface area contributed by atoms with E-state index in [1.54, 1.807) is 6.92 Å². The van der Waals surface area contributed by atoms with Crippen molar-refractivity contribution in [2.75, 3.05) is 0 Å². The van der Waals surface area contributed by atoms with Gasteiger partial charge in [0.2, 0.25) is 0 Å². The Morgan fingerprint density at radius 1 is 1.40 bits per heavy atom. The molecule has 1 heterocycles. The van der Waals surface area contributed by atoms with Crippen molar-refractivity contribution in [3.05, 3.63) is 23.2 Å². The molecule has 0 bridgehead atoms. The van der Waals surface area contributed by atoms with Crippen LogP contribution < -0.4 is 5.32 Å². The number of rotatable bonds is 7. The van der Waals surface area contributed by atoms with Crippen molar-refractivity contribution in [3.63, 3.8) is 0 Å². The van der Waals surface area contributed by atoms with Crippen LogP contribution in [0.1, 0.15) is 55.3 Å². The molecule has 0 aliphatic carbocycles. The van der Waals surface area contributed by atoms with E-state index in [1.165, 1.54) is 6.26 Å². The van der Waals surface area contributed by atoms with Gasteiger partial charge in [0, 0.05) is 11.6 Å². The van der Waals surface area contributed by atoms with Crippen LogP contribution in [0.25, 0.3) is 0 Å². The maximum absolute atomic E-state index is 12.2. The van der Waals surface area contributed by atoms with Gasteiger partial charge in [0.1, 0.15) is 12.2 Å². The van der Waals surface area contributed by atoms with Crippen molar-refractivity contribution < 1.29 is 19.1 Å². The molecule has 0 saturated carbocycles. The van der Waals surface area contributed by atoms with Gasteiger partial charge < -0.3 is 14.8 Å². The average Bonchev–Trinajstić information content (AvgIpc) is 2.69. The van der Waals surface area contributed by atoms with Crippen molar-refractivity contribution >= 4 is 11.9 Å². The molecule has 2 atom stereocenters. The Morgan fingerprint density at radius 3 is 2.60 bits per heavy atom. The predicted octanol–water partition coefficient (Wildman–Crippen LogP) is 2.77. The summed E-state index contributed by atoms with van der Waals surface area (Å²) >= 11 is 0. The highest BCUT2D eigenvalue weighted by atomic mass is 16.4. The van der Waals surface area contributed by atoms with Gasteiger partial charge in [0.25, 0.3) is 5.91 Å². The molecule has 1 aromatic rings. The van der Waals surface area contributed by atoms with Gasteiger partial charge in [-0.1, -0.05) is 20.3 Å². The Morgan fingerprint density at radius 2 is 2.05 bits per heavy atom. The molecule has 5 nitrogen and oxygen atoms in total. The van der Waals surface area contributed by atoms with Gasteiger partial charge in [0.15, 0.2) is 0 Å². The SMILES string of the molecule is CCC(C)CC(C)NC(=O)c1c(C)coc1CC(=O)O. The monoisotopic (exact) mass is 281 g/mol. The first-order valence-electron chi connectivity index (χ1n) is 6.94. The third-order valence-corrected chi connectivity index (χ3v) is 3.42. The lowest BCUT2D eigenvalue weighted by Gasteiger charge is -2.17. The minimum atomic E-state index is -1.01. The summed E-state index contributed by atoms with van der Waals surface area (Å²) in [4.78, 5) is 23.0. The van der Waals surface area contributed by atoms with Gasteiger partial charge in [-0.05, 0) is 26.2 Å². The van der Waals surface area contributed by atoms with Crippen LogP contribution >= 0.6 is 0 Å². The Balaban J connectivity index is 2.76. The molecule has 0 aliphatic heterocycles. The summed E-state index contributed by atoms with van der Waals surface area (Å²) in [7, 11) is 0. The molecule has 1 rings (SSSR count). The summed E-state index contributed by atoms with van der Waals surface area (Å²) < 4.78 is 5.17. The first-order valence-corrected chi connectivity index (χ1v) is 6.94. The molecular weight excluding hydrogens is 258 g/mol. The van der Waals surface area contributed by atoms with E-state index >= 15 is 0 Å². The number of carbonyl (C=O) groups is 2. The largest absolute Gasteiger partial charge is 0.481 e. The third-order valence-electron chi connectivity index (χ3n) is 3.42. The highest BCUT2D eigenvalue weighted by molar-refractivity contribution is 5.97. The quantitative estimate of drug-likeness (QED) is 0.805. The molecule has 2 unspecified atom stereocenters. The van der Waals surface area contributed by atoms with E-state index in [0.29, 0.717) is 17.0 Å². The number of nitrogens with one attached hydrogen (secondary N) is 1. The molecule has 1 amide bonds. The summed E-state index contributed by atoms with van der Waals surface area (Å²) in [5, 5.41) is 11.7. The Hall–Kier alpha value is -1.78. The maximum Gasteiger partial charge on any atom is 0.311 e. The second-order valence-electron chi connectivity index (χ2n) is 5.41. The Labute approximate surface area is 119 Å². The Bertz CT molecular complexity index is 478. The van der Waals surface area contributed by atoms with Gasteiger partial charge >= 0.3 is 5.97 Å². The summed E-state index contributed by atoms with van der Waals surface area (Å²) in [6.45, 7) is 7.95. The van der Waals surface area contributed by atoms with Crippen LogP contribution in [0.4, 0.5) is 0 Å².